The molecule has 0 aliphatic carbocycles. The van der Waals surface area contributed by atoms with Crippen LogP contribution < -0.4 is 0 Å². The summed E-state index contributed by atoms with van der Waals surface area (Å²) in [5.41, 5.74) is 0.0324. The molecule has 7 heteroatoms. The molecule has 0 aliphatic heterocycles. The Kier molecular flexibility index (Phi) is 5.03. The number of benzene rings is 3. The van der Waals surface area contributed by atoms with E-state index in [0.29, 0.717) is 5.56 Å². The van der Waals surface area contributed by atoms with E-state index in [1.54, 1.807) is 42.5 Å². The van der Waals surface area contributed by atoms with Gasteiger partial charge in [0.15, 0.2) is 5.78 Å². The Morgan fingerprint density at radius 1 is 0.667 bits per heavy atom. The standard InChI is InChI=1S/C20H14N2O5/c23-20(14-8-2-1-3-9-14)19(15-10-4-6-12-17(15)21(24)25)16-11-5-7-13-18(16)22(26)27/h1-13,19H. The lowest BCUT2D eigenvalue weighted by atomic mass is 9.83. The zero-order valence-corrected chi connectivity index (χ0v) is 14.0. The number of nitro benzene ring substituents is 2. The van der Waals surface area contributed by atoms with Crippen molar-refractivity contribution in [3.05, 3.63) is 116 Å². The predicted molar refractivity (Wildman–Crippen MR) is 98.8 cm³/mol. The fraction of sp³-hybridized carbons (Fsp3) is 0.0500. The molecule has 134 valence electrons. The maximum Gasteiger partial charge on any atom is 0.273 e. The molecule has 0 unspecified atom stereocenters. The highest BCUT2D eigenvalue weighted by atomic mass is 16.6. The van der Waals surface area contributed by atoms with Gasteiger partial charge in [0.05, 0.1) is 15.8 Å². The molecule has 3 rings (SSSR count). The second kappa shape index (κ2) is 7.57. The van der Waals surface area contributed by atoms with Crippen LogP contribution >= 0.6 is 0 Å². The molecular weight excluding hydrogens is 348 g/mol. The lowest BCUT2D eigenvalue weighted by molar-refractivity contribution is -0.386. The summed E-state index contributed by atoms with van der Waals surface area (Å²) in [4.78, 5) is 35.1. The summed E-state index contributed by atoms with van der Waals surface area (Å²) >= 11 is 0. The molecule has 3 aromatic rings. The van der Waals surface area contributed by atoms with Gasteiger partial charge in [0, 0.05) is 28.8 Å². The number of hydrogen-bond donors (Lipinski definition) is 0. The van der Waals surface area contributed by atoms with Crippen LogP contribution in [0.1, 0.15) is 27.4 Å². The minimum Gasteiger partial charge on any atom is -0.293 e. The first-order chi connectivity index (χ1) is 13.0. The van der Waals surface area contributed by atoms with E-state index >= 15 is 0 Å². The predicted octanol–water partition coefficient (Wildman–Crippen LogP) is 4.52. The lowest BCUT2D eigenvalue weighted by Crippen LogP contribution is -2.17. The normalized spacial score (nSPS) is 10.6. The van der Waals surface area contributed by atoms with Crippen LogP contribution in [0, 0.1) is 20.2 Å². The number of Topliss-reactive ketones (excluding diaryl/α,β-unsaturated/α-hetero) is 1. The number of nitrogens with zero attached hydrogens (tertiary/aromatic N) is 2. The van der Waals surface area contributed by atoms with Gasteiger partial charge in [0.2, 0.25) is 0 Å². The molecule has 27 heavy (non-hydrogen) atoms. The van der Waals surface area contributed by atoms with E-state index in [1.165, 1.54) is 36.4 Å². The minimum atomic E-state index is -1.17. The van der Waals surface area contributed by atoms with Crippen LogP contribution in [0.25, 0.3) is 0 Å². The monoisotopic (exact) mass is 362 g/mol. The first kappa shape index (κ1) is 17.9. The Labute approximate surface area is 154 Å². The highest BCUT2D eigenvalue weighted by Gasteiger charge is 2.34. The van der Waals surface area contributed by atoms with Crippen molar-refractivity contribution in [1.29, 1.82) is 0 Å². The fourth-order valence-electron chi connectivity index (χ4n) is 3.01. The van der Waals surface area contributed by atoms with Gasteiger partial charge in [-0.25, -0.2) is 0 Å². The first-order valence-electron chi connectivity index (χ1n) is 8.06. The summed E-state index contributed by atoms with van der Waals surface area (Å²) in [5.74, 6) is -1.62. The van der Waals surface area contributed by atoms with Crippen LogP contribution in [0.4, 0.5) is 11.4 Å². The van der Waals surface area contributed by atoms with E-state index in [2.05, 4.69) is 0 Å². The average molecular weight is 362 g/mol. The Morgan fingerprint density at radius 3 is 1.52 bits per heavy atom. The molecule has 0 bridgehead atoms. The quantitative estimate of drug-likeness (QED) is 0.364. The molecule has 0 aliphatic rings. The van der Waals surface area contributed by atoms with Crippen molar-refractivity contribution in [3.63, 3.8) is 0 Å². The van der Waals surface area contributed by atoms with Gasteiger partial charge in [-0.2, -0.15) is 0 Å². The Hall–Kier alpha value is -3.87. The molecule has 7 nitrogen and oxygen atoms in total. The number of nitro groups is 2. The van der Waals surface area contributed by atoms with Crippen molar-refractivity contribution in [3.8, 4) is 0 Å². The van der Waals surface area contributed by atoms with Crippen LogP contribution in [-0.2, 0) is 0 Å². The number of ketones is 1. The highest BCUT2D eigenvalue weighted by molar-refractivity contribution is 6.04. The second-order valence-electron chi connectivity index (χ2n) is 5.80. The maximum atomic E-state index is 13.3. The van der Waals surface area contributed by atoms with Gasteiger partial charge in [0.25, 0.3) is 11.4 Å². The van der Waals surface area contributed by atoms with Gasteiger partial charge in [-0.05, 0) is 0 Å². The van der Waals surface area contributed by atoms with Crippen molar-refractivity contribution in [1.82, 2.24) is 0 Å². The zero-order valence-electron chi connectivity index (χ0n) is 14.0. The van der Waals surface area contributed by atoms with Gasteiger partial charge < -0.3 is 0 Å². The van der Waals surface area contributed by atoms with E-state index in [1.807, 2.05) is 0 Å². The third-order valence-corrected chi connectivity index (χ3v) is 4.21. The SMILES string of the molecule is O=C(c1ccccc1)C(c1ccccc1[N+](=O)[O-])c1ccccc1[N+](=O)[O-]. The third kappa shape index (κ3) is 3.57. The van der Waals surface area contributed by atoms with Crippen molar-refractivity contribution < 1.29 is 14.6 Å². The van der Waals surface area contributed by atoms with Crippen LogP contribution in [0.15, 0.2) is 78.9 Å². The molecule has 3 aromatic carbocycles. The Balaban J connectivity index is 2.28. The summed E-state index contributed by atoms with van der Waals surface area (Å²) in [7, 11) is 0. The number of para-hydroxylation sites is 2. The third-order valence-electron chi connectivity index (χ3n) is 4.21. The lowest BCUT2D eigenvalue weighted by Gasteiger charge is -2.17. The summed E-state index contributed by atoms with van der Waals surface area (Å²) in [6.07, 6.45) is 0. The van der Waals surface area contributed by atoms with Crippen molar-refractivity contribution >= 4 is 17.2 Å². The minimum absolute atomic E-state index is 0.116. The highest BCUT2D eigenvalue weighted by Crippen LogP contribution is 2.38. The van der Waals surface area contributed by atoms with Crippen LogP contribution in [-0.4, -0.2) is 15.6 Å². The molecule has 0 atom stereocenters. The van der Waals surface area contributed by atoms with Crippen molar-refractivity contribution in [2.75, 3.05) is 0 Å². The maximum absolute atomic E-state index is 13.3. The van der Waals surface area contributed by atoms with Crippen LogP contribution in [0.3, 0.4) is 0 Å². The second-order valence-corrected chi connectivity index (χ2v) is 5.80. The van der Waals surface area contributed by atoms with E-state index < -0.39 is 21.5 Å². The Bertz CT molecular complexity index is 960. The van der Waals surface area contributed by atoms with Crippen LogP contribution in [0.5, 0.6) is 0 Å². The molecule has 0 saturated carbocycles. The molecule has 0 spiro atoms. The summed E-state index contributed by atoms with van der Waals surface area (Å²) in [6.45, 7) is 0. The number of rotatable bonds is 6. The summed E-state index contributed by atoms with van der Waals surface area (Å²) in [5, 5.41) is 23.0. The summed E-state index contributed by atoms with van der Waals surface area (Å²) in [6, 6.07) is 19.9. The van der Waals surface area contributed by atoms with Gasteiger partial charge >= 0.3 is 0 Å². The zero-order chi connectivity index (χ0) is 19.4. The van der Waals surface area contributed by atoms with E-state index in [-0.39, 0.29) is 22.5 Å². The van der Waals surface area contributed by atoms with E-state index in [9.17, 15) is 25.0 Å². The van der Waals surface area contributed by atoms with Crippen LogP contribution in [0.2, 0.25) is 0 Å². The smallest absolute Gasteiger partial charge is 0.273 e. The van der Waals surface area contributed by atoms with Gasteiger partial charge in [0.1, 0.15) is 0 Å². The number of carbonyl (C=O) groups is 1. The van der Waals surface area contributed by atoms with Crippen molar-refractivity contribution in [2.24, 2.45) is 0 Å². The topological polar surface area (TPSA) is 103 Å². The Morgan fingerprint density at radius 2 is 1.07 bits per heavy atom. The molecule has 0 fully saturated rings. The van der Waals surface area contributed by atoms with E-state index in [4.69, 9.17) is 0 Å². The summed E-state index contributed by atoms with van der Waals surface area (Å²) < 4.78 is 0. The molecule has 0 amide bonds. The van der Waals surface area contributed by atoms with Gasteiger partial charge in [-0.3, -0.25) is 25.0 Å². The van der Waals surface area contributed by atoms with E-state index in [0.717, 1.165) is 0 Å². The number of carbonyl (C=O) groups excluding carboxylic acids is 1. The number of hydrogen-bond acceptors (Lipinski definition) is 5. The fourth-order valence-corrected chi connectivity index (χ4v) is 3.01. The molecule has 0 N–H and O–H groups in total. The van der Waals surface area contributed by atoms with Crippen molar-refractivity contribution in [2.45, 2.75) is 5.92 Å². The molecular formula is C20H14N2O5. The van der Waals surface area contributed by atoms with Gasteiger partial charge in [-0.1, -0.05) is 66.7 Å². The molecule has 0 heterocycles. The van der Waals surface area contributed by atoms with Gasteiger partial charge in [-0.15, -0.1) is 0 Å². The largest absolute Gasteiger partial charge is 0.293 e. The molecule has 0 aromatic heterocycles. The average Bonchev–Trinajstić information content (AvgIpc) is 2.69. The molecule has 0 radical (unpaired) electrons. The molecule has 0 saturated heterocycles. The first-order valence-corrected chi connectivity index (χ1v) is 8.06.